The van der Waals surface area contributed by atoms with Crippen molar-refractivity contribution in [3.8, 4) is 0 Å². The lowest BCUT2D eigenvalue weighted by Gasteiger charge is -2.08. The van der Waals surface area contributed by atoms with Crippen molar-refractivity contribution < 1.29 is 4.42 Å². The first-order valence-electron chi connectivity index (χ1n) is 6.43. The highest BCUT2D eigenvalue weighted by Gasteiger charge is 2.13. The Morgan fingerprint density at radius 3 is 2.95 bits per heavy atom. The van der Waals surface area contributed by atoms with Gasteiger partial charge in [0.15, 0.2) is 0 Å². The van der Waals surface area contributed by atoms with Crippen molar-refractivity contribution in [2.45, 2.75) is 26.3 Å². The zero-order chi connectivity index (χ0) is 14.1. The van der Waals surface area contributed by atoms with E-state index in [2.05, 4.69) is 57.4 Å². The lowest BCUT2D eigenvalue weighted by Crippen LogP contribution is -2.04. The largest absolute Gasteiger partial charge is 0.459 e. The molecular formula is C14H14BrN3OS. The number of fused-ring (bicyclic) bond motifs is 1. The average molecular weight is 352 g/mol. The van der Waals surface area contributed by atoms with Gasteiger partial charge in [0, 0.05) is 9.86 Å². The van der Waals surface area contributed by atoms with E-state index < -0.39 is 0 Å². The van der Waals surface area contributed by atoms with Crippen molar-refractivity contribution in [1.82, 2.24) is 10.2 Å². The third-order valence-electron chi connectivity index (χ3n) is 3.03. The van der Waals surface area contributed by atoms with E-state index in [9.17, 15) is 0 Å². The summed E-state index contributed by atoms with van der Waals surface area (Å²) in [6.07, 6.45) is 0.909. The summed E-state index contributed by atoms with van der Waals surface area (Å²) in [5.41, 5.74) is 0.892. The van der Waals surface area contributed by atoms with Crippen LogP contribution in [0.5, 0.6) is 0 Å². The van der Waals surface area contributed by atoms with E-state index in [1.54, 1.807) is 11.3 Å². The van der Waals surface area contributed by atoms with Gasteiger partial charge in [0.25, 0.3) is 0 Å². The minimum absolute atomic E-state index is 0.0545. The van der Waals surface area contributed by atoms with Gasteiger partial charge in [0.2, 0.25) is 5.13 Å². The molecule has 0 amide bonds. The number of aromatic nitrogens is 2. The normalized spacial score (nSPS) is 12.8. The van der Waals surface area contributed by atoms with E-state index in [1.807, 2.05) is 12.1 Å². The molecule has 104 valence electrons. The summed E-state index contributed by atoms with van der Waals surface area (Å²) < 4.78 is 6.91. The lowest BCUT2D eigenvalue weighted by atomic mass is 10.2. The number of hydrogen-bond donors (Lipinski definition) is 1. The van der Waals surface area contributed by atoms with Crippen molar-refractivity contribution in [1.29, 1.82) is 0 Å². The maximum Gasteiger partial charge on any atom is 0.206 e. The Kier molecular flexibility index (Phi) is 3.76. The van der Waals surface area contributed by atoms with Crippen LogP contribution in [0.1, 0.15) is 30.7 Å². The van der Waals surface area contributed by atoms with Crippen LogP contribution in [-0.4, -0.2) is 10.2 Å². The van der Waals surface area contributed by atoms with Crippen LogP contribution >= 0.6 is 27.3 Å². The molecule has 0 aliphatic heterocycles. The predicted molar refractivity (Wildman–Crippen MR) is 85.2 cm³/mol. The number of nitrogens with one attached hydrogen (secondary N) is 1. The Balaban J connectivity index is 1.82. The van der Waals surface area contributed by atoms with Crippen LogP contribution in [0.2, 0.25) is 0 Å². The van der Waals surface area contributed by atoms with E-state index in [1.165, 1.54) is 0 Å². The summed E-state index contributed by atoms with van der Waals surface area (Å²) in [7, 11) is 0. The molecule has 3 rings (SSSR count). The molecule has 0 fully saturated rings. The van der Waals surface area contributed by atoms with Gasteiger partial charge in [-0.3, -0.25) is 0 Å². The van der Waals surface area contributed by atoms with E-state index in [0.29, 0.717) is 0 Å². The van der Waals surface area contributed by atoms with Crippen molar-refractivity contribution in [3.63, 3.8) is 0 Å². The Morgan fingerprint density at radius 1 is 1.35 bits per heavy atom. The third-order valence-corrected chi connectivity index (χ3v) is 4.53. The second-order valence-corrected chi connectivity index (χ2v) is 6.53. The molecule has 0 aliphatic carbocycles. The van der Waals surface area contributed by atoms with E-state index >= 15 is 0 Å². The number of benzene rings is 1. The second-order valence-electron chi connectivity index (χ2n) is 4.55. The summed E-state index contributed by atoms with van der Waals surface area (Å²) in [5.74, 6) is 0.895. The first kappa shape index (κ1) is 13.6. The lowest BCUT2D eigenvalue weighted by molar-refractivity contribution is 0.526. The van der Waals surface area contributed by atoms with Gasteiger partial charge in [-0.15, -0.1) is 10.2 Å². The predicted octanol–water partition coefficient (Wildman–Crippen LogP) is 4.78. The van der Waals surface area contributed by atoms with Crippen LogP contribution in [0.4, 0.5) is 5.13 Å². The number of rotatable bonds is 4. The molecule has 3 aromatic rings. The molecule has 1 unspecified atom stereocenters. The molecule has 4 nitrogen and oxygen atoms in total. The van der Waals surface area contributed by atoms with Crippen LogP contribution in [0.25, 0.3) is 11.0 Å². The summed E-state index contributed by atoms with van der Waals surface area (Å²) >= 11 is 5.05. The monoisotopic (exact) mass is 351 g/mol. The molecule has 0 bridgehead atoms. The minimum atomic E-state index is 0.0545. The number of halogens is 1. The fourth-order valence-electron chi connectivity index (χ4n) is 1.96. The molecule has 0 spiro atoms. The summed E-state index contributed by atoms with van der Waals surface area (Å²) in [6, 6.07) is 8.11. The molecule has 1 atom stereocenters. The highest BCUT2D eigenvalue weighted by atomic mass is 79.9. The smallest absolute Gasteiger partial charge is 0.206 e. The minimum Gasteiger partial charge on any atom is -0.459 e. The molecule has 0 aliphatic rings. The van der Waals surface area contributed by atoms with Gasteiger partial charge in [0.05, 0.1) is 6.04 Å². The van der Waals surface area contributed by atoms with E-state index in [0.717, 1.165) is 37.8 Å². The molecule has 0 saturated heterocycles. The van der Waals surface area contributed by atoms with Crippen molar-refractivity contribution in [2.24, 2.45) is 0 Å². The van der Waals surface area contributed by atoms with Crippen LogP contribution in [0, 0.1) is 0 Å². The topological polar surface area (TPSA) is 51.0 Å². The highest BCUT2D eigenvalue weighted by Crippen LogP contribution is 2.29. The zero-order valence-electron chi connectivity index (χ0n) is 11.2. The van der Waals surface area contributed by atoms with E-state index in [4.69, 9.17) is 4.42 Å². The van der Waals surface area contributed by atoms with Crippen LogP contribution in [0.15, 0.2) is 33.2 Å². The maximum absolute atomic E-state index is 5.86. The van der Waals surface area contributed by atoms with Crippen molar-refractivity contribution >= 4 is 43.4 Å². The molecule has 1 aromatic carbocycles. The van der Waals surface area contributed by atoms with Crippen LogP contribution in [-0.2, 0) is 6.42 Å². The summed E-state index contributed by atoms with van der Waals surface area (Å²) in [6.45, 7) is 4.13. The SMILES string of the molecule is CCc1nnc(NC(C)c2cc3cc(Br)ccc3o2)s1. The van der Waals surface area contributed by atoms with Gasteiger partial charge in [-0.2, -0.15) is 0 Å². The first-order chi connectivity index (χ1) is 9.65. The fraction of sp³-hybridized carbons (Fsp3) is 0.286. The fourth-order valence-corrected chi connectivity index (χ4v) is 3.10. The van der Waals surface area contributed by atoms with Gasteiger partial charge in [-0.05, 0) is 37.6 Å². The Labute approximate surface area is 129 Å². The average Bonchev–Trinajstić information content (AvgIpc) is 3.04. The maximum atomic E-state index is 5.86. The highest BCUT2D eigenvalue weighted by molar-refractivity contribution is 9.10. The summed E-state index contributed by atoms with van der Waals surface area (Å²) in [4.78, 5) is 0. The summed E-state index contributed by atoms with van der Waals surface area (Å²) in [5, 5.41) is 14.5. The standard InChI is InChI=1S/C14H14BrN3OS/c1-3-13-17-18-14(20-13)16-8(2)12-7-9-6-10(15)4-5-11(9)19-12/h4-8H,3H2,1-2H3,(H,16,18). The first-order valence-corrected chi connectivity index (χ1v) is 8.04. The molecule has 6 heteroatoms. The molecular weight excluding hydrogens is 338 g/mol. The Bertz CT molecular complexity index is 737. The number of nitrogens with zero attached hydrogens (tertiary/aromatic N) is 2. The van der Waals surface area contributed by atoms with Crippen LogP contribution < -0.4 is 5.32 Å². The molecule has 1 N–H and O–H groups in total. The van der Waals surface area contributed by atoms with Crippen molar-refractivity contribution in [3.05, 3.63) is 39.5 Å². The second kappa shape index (κ2) is 5.54. The van der Waals surface area contributed by atoms with Crippen LogP contribution in [0.3, 0.4) is 0 Å². The van der Waals surface area contributed by atoms with E-state index in [-0.39, 0.29) is 6.04 Å². The van der Waals surface area contributed by atoms with Gasteiger partial charge in [0.1, 0.15) is 16.4 Å². The third kappa shape index (κ3) is 2.71. The molecule has 0 radical (unpaired) electrons. The number of aryl methyl sites for hydroxylation is 1. The molecule has 2 aromatic heterocycles. The van der Waals surface area contributed by atoms with Gasteiger partial charge in [-0.25, -0.2) is 0 Å². The number of furan rings is 1. The molecule has 2 heterocycles. The van der Waals surface area contributed by atoms with Crippen molar-refractivity contribution in [2.75, 3.05) is 5.32 Å². The zero-order valence-corrected chi connectivity index (χ0v) is 13.6. The number of hydrogen-bond acceptors (Lipinski definition) is 5. The quantitative estimate of drug-likeness (QED) is 0.734. The molecule has 0 saturated carbocycles. The Morgan fingerprint density at radius 2 is 2.20 bits per heavy atom. The van der Waals surface area contributed by atoms with Gasteiger partial charge < -0.3 is 9.73 Å². The van der Waals surface area contributed by atoms with Gasteiger partial charge >= 0.3 is 0 Å². The van der Waals surface area contributed by atoms with Gasteiger partial charge in [-0.1, -0.05) is 34.2 Å². The number of anilines is 1. The molecule has 20 heavy (non-hydrogen) atoms. The Hall–Kier alpha value is -1.40.